The van der Waals surface area contributed by atoms with Gasteiger partial charge in [0.1, 0.15) is 0 Å². The van der Waals surface area contributed by atoms with Crippen LogP contribution in [0.5, 0.6) is 0 Å². The smallest absolute Gasteiger partial charge is 0.0958 e. The third-order valence-corrected chi connectivity index (χ3v) is 3.44. The van der Waals surface area contributed by atoms with E-state index in [-0.39, 0.29) is 0 Å². The molecule has 0 fully saturated rings. The van der Waals surface area contributed by atoms with E-state index in [1.54, 1.807) is 6.07 Å². The minimum Gasteiger partial charge on any atom is -0.331 e. The highest BCUT2D eigenvalue weighted by atomic mass is 35.5. The van der Waals surface area contributed by atoms with Gasteiger partial charge in [-0.3, -0.25) is 0 Å². The van der Waals surface area contributed by atoms with Crippen LogP contribution in [0.4, 0.5) is 0 Å². The number of benzene rings is 1. The number of rotatable bonds is 4. The Bertz CT molecular complexity index is 493. The van der Waals surface area contributed by atoms with Crippen LogP contribution < -0.4 is 0 Å². The number of fused-ring (bicyclic) bond motifs is 1. The molecule has 1 aromatic carbocycles. The maximum absolute atomic E-state index is 5.98. The van der Waals surface area contributed by atoms with E-state index in [2.05, 4.69) is 9.55 Å². The number of hydrogen-bond donors (Lipinski definition) is 0. The molecule has 0 N–H and O–H groups in total. The van der Waals surface area contributed by atoms with Crippen LogP contribution in [-0.2, 0) is 6.54 Å². The van der Waals surface area contributed by atoms with Crippen LogP contribution in [0.1, 0.15) is 12.8 Å². The van der Waals surface area contributed by atoms with Crippen molar-refractivity contribution in [3.05, 3.63) is 28.5 Å². The maximum Gasteiger partial charge on any atom is 0.0958 e. The van der Waals surface area contributed by atoms with Crippen molar-refractivity contribution in [3.8, 4) is 0 Å². The molecule has 0 spiro atoms. The molecule has 1 aromatic heterocycles. The molecule has 1 heterocycles. The quantitative estimate of drug-likeness (QED) is 0.600. The number of unbranched alkanes of at least 4 members (excludes halogenated alkanes) is 1. The van der Waals surface area contributed by atoms with E-state index >= 15 is 0 Å². The summed E-state index contributed by atoms with van der Waals surface area (Å²) in [7, 11) is 0. The second-order valence-corrected chi connectivity index (χ2v) is 4.78. The molecule has 0 aliphatic carbocycles. The molecule has 0 saturated heterocycles. The van der Waals surface area contributed by atoms with Gasteiger partial charge >= 0.3 is 0 Å². The van der Waals surface area contributed by atoms with Gasteiger partial charge in [-0.05, 0) is 25.0 Å². The second kappa shape index (κ2) is 5.26. The van der Waals surface area contributed by atoms with Crippen molar-refractivity contribution < 1.29 is 0 Å². The van der Waals surface area contributed by atoms with Gasteiger partial charge in [0.2, 0.25) is 0 Å². The molecule has 2 rings (SSSR count). The van der Waals surface area contributed by atoms with E-state index < -0.39 is 0 Å². The maximum atomic E-state index is 5.98. The van der Waals surface area contributed by atoms with Crippen LogP contribution in [0.15, 0.2) is 18.5 Å². The minimum absolute atomic E-state index is 0.542. The van der Waals surface area contributed by atoms with Crippen LogP contribution in [-0.4, -0.2) is 15.4 Å². The lowest BCUT2D eigenvalue weighted by molar-refractivity contribution is 0.648. The van der Waals surface area contributed by atoms with Crippen molar-refractivity contribution in [2.24, 2.45) is 0 Å². The SMILES string of the molecule is ClCCCCn1cnc2cc(Cl)c(Cl)cc21. The van der Waals surface area contributed by atoms with Crippen molar-refractivity contribution in [2.75, 3.05) is 5.88 Å². The van der Waals surface area contributed by atoms with Crippen LogP contribution in [0.2, 0.25) is 10.0 Å². The summed E-state index contributed by atoms with van der Waals surface area (Å²) in [4.78, 5) is 4.29. The lowest BCUT2D eigenvalue weighted by Crippen LogP contribution is -1.96. The Morgan fingerprint density at radius 2 is 1.88 bits per heavy atom. The van der Waals surface area contributed by atoms with Gasteiger partial charge in [-0.15, -0.1) is 11.6 Å². The molecular weight excluding hydrogens is 266 g/mol. The molecule has 0 saturated carbocycles. The Morgan fingerprint density at radius 1 is 1.12 bits per heavy atom. The first kappa shape index (κ1) is 12.0. The Hall–Kier alpha value is -0.440. The molecule has 0 radical (unpaired) electrons. The molecule has 2 nitrogen and oxygen atoms in total. The highest BCUT2D eigenvalue weighted by Crippen LogP contribution is 2.27. The zero-order chi connectivity index (χ0) is 11.5. The standard InChI is InChI=1S/C11H11Cl3N2/c12-3-1-2-4-16-7-15-10-5-8(13)9(14)6-11(10)16/h5-7H,1-4H2. The topological polar surface area (TPSA) is 17.8 Å². The molecule has 2 aromatic rings. The number of imidazole rings is 1. The lowest BCUT2D eigenvalue weighted by atomic mass is 10.3. The van der Waals surface area contributed by atoms with Gasteiger partial charge in [0.05, 0.1) is 27.4 Å². The molecule has 16 heavy (non-hydrogen) atoms. The second-order valence-electron chi connectivity index (χ2n) is 3.59. The molecular formula is C11H11Cl3N2. The van der Waals surface area contributed by atoms with Crippen molar-refractivity contribution in [2.45, 2.75) is 19.4 Å². The monoisotopic (exact) mass is 276 g/mol. The Balaban J connectivity index is 2.29. The summed E-state index contributed by atoms with van der Waals surface area (Å²) < 4.78 is 2.07. The van der Waals surface area contributed by atoms with E-state index in [9.17, 15) is 0 Å². The van der Waals surface area contributed by atoms with Crippen molar-refractivity contribution in [1.82, 2.24) is 9.55 Å². The largest absolute Gasteiger partial charge is 0.331 e. The van der Waals surface area contributed by atoms with Crippen LogP contribution in [0.25, 0.3) is 11.0 Å². The highest BCUT2D eigenvalue weighted by Gasteiger charge is 2.06. The molecule has 5 heteroatoms. The van der Waals surface area contributed by atoms with Crippen LogP contribution >= 0.6 is 34.8 Å². The number of aromatic nitrogens is 2. The van der Waals surface area contributed by atoms with E-state index in [0.717, 1.165) is 30.4 Å². The Morgan fingerprint density at radius 3 is 2.62 bits per heavy atom. The first-order valence-electron chi connectivity index (χ1n) is 5.08. The zero-order valence-electron chi connectivity index (χ0n) is 8.59. The van der Waals surface area contributed by atoms with Gasteiger partial charge in [-0.1, -0.05) is 23.2 Å². The number of aryl methyl sites for hydroxylation is 1. The molecule has 0 amide bonds. The summed E-state index contributed by atoms with van der Waals surface area (Å²) >= 11 is 17.6. The zero-order valence-corrected chi connectivity index (χ0v) is 10.9. The average molecular weight is 278 g/mol. The highest BCUT2D eigenvalue weighted by molar-refractivity contribution is 6.42. The molecule has 0 unspecified atom stereocenters. The molecule has 0 aliphatic heterocycles. The number of alkyl halides is 1. The fourth-order valence-electron chi connectivity index (χ4n) is 1.61. The first-order chi connectivity index (χ1) is 7.72. The molecule has 0 atom stereocenters. The Kier molecular flexibility index (Phi) is 3.95. The van der Waals surface area contributed by atoms with E-state index in [1.165, 1.54) is 0 Å². The third kappa shape index (κ3) is 2.45. The predicted molar refractivity (Wildman–Crippen MR) is 69.7 cm³/mol. The van der Waals surface area contributed by atoms with Crippen LogP contribution in [0.3, 0.4) is 0 Å². The van der Waals surface area contributed by atoms with Crippen molar-refractivity contribution in [3.63, 3.8) is 0 Å². The van der Waals surface area contributed by atoms with Gasteiger partial charge in [0.25, 0.3) is 0 Å². The van der Waals surface area contributed by atoms with Gasteiger partial charge in [-0.2, -0.15) is 0 Å². The fraction of sp³-hybridized carbons (Fsp3) is 0.364. The van der Waals surface area contributed by atoms with Gasteiger partial charge < -0.3 is 4.57 Å². The molecule has 0 aliphatic rings. The summed E-state index contributed by atoms with van der Waals surface area (Å²) in [6.07, 6.45) is 3.85. The normalized spacial score (nSPS) is 11.2. The summed E-state index contributed by atoms with van der Waals surface area (Å²) in [5.74, 6) is 0.694. The molecule has 0 bridgehead atoms. The summed E-state index contributed by atoms with van der Waals surface area (Å²) in [5, 5.41) is 1.11. The van der Waals surface area contributed by atoms with Crippen LogP contribution in [0, 0.1) is 0 Å². The lowest BCUT2D eigenvalue weighted by Gasteiger charge is -2.03. The third-order valence-electron chi connectivity index (χ3n) is 2.45. The van der Waals surface area contributed by atoms with E-state index in [0.29, 0.717) is 15.9 Å². The molecule has 86 valence electrons. The predicted octanol–water partition coefficient (Wildman–Crippen LogP) is 4.36. The van der Waals surface area contributed by atoms with Crippen molar-refractivity contribution >= 4 is 45.8 Å². The number of halogens is 3. The minimum atomic E-state index is 0.542. The van der Waals surface area contributed by atoms with Gasteiger partial charge in [-0.25, -0.2) is 4.98 Å². The summed E-state index contributed by atoms with van der Waals surface area (Å²) in [6.45, 7) is 0.904. The van der Waals surface area contributed by atoms with Gasteiger partial charge in [0, 0.05) is 12.4 Å². The van der Waals surface area contributed by atoms with E-state index in [4.69, 9.17) is 34.8 Å². The first-order valence-corrected chi connectivity index (χ1v) is 6.37. The van der Waals surface area contributed by atoms with E-state index in [1.807, 2.05) is 12.4 Å². The average Bonchev–Trinajstić information content (AvgIpc) is 2.63. The Labute approximate surface area is 109 Å². The van der Waals surface area contributed by atoms with Crippen molar-refractivity contribution in [1.29, 1.82) is 0 Å². The number of hydrogen-bond acceptors (Lipinski definition) is 1. The van der Waals surface area contributed by atoms with Gasteiger partial charge in [0.15, 0.2) is 0 Å². The number of nitrogens with zero attached hydrogens (tertiary/aromatic N) is 2. The fourth-order valence-corrected chi connectivity index (χ4v) is 2.11. The summed E-state index contributed by atoms with van der Waals surface area (Å²) in [6, 6.07) is 3.64. The summed E-state index contributed by atoms with van der Waals surface area (Å²) in [5.41, 5.74) is 1.89.